The highest BCUT2D eigenvalue weighted by Gasteiger charge is 2.22. The van der Waals surface area contributed by atoms with E-state index in [1.807, 2.05) is 43.5 Å². The molecule has 0 N–H and O–H groups in total. The van der Waals surface area contributed by atoms with Gasteiger partial charge in [-0.25, -0.2) is 4.79 Å². The Bertz CT molecular complexity index is 1340. The van der Waals surface area contributed by atoms with E-state index >= 15 is 0 Å². The monoisotopic (exact) mass is 371 g/mol. The molecular weight excluding hydrogens is 354 g/mol. The SMILES string of the molecule is Cc1ccc(-n2c(C)c(C)n3c4c(=O)n(C)c(=O)n(C)c4nc23)cc1Cl. The number of nitrogens with zero attached hydrogens (tertiary/aromatic N) is 5. The minimum Gasteiger partial charge on any atom is -0.283 e. The molecule has 134 valence electrons. The van der Waals surface area contributed by atoms with Crippen LogP contribution in [-0.2, 0) is 14.1 Å². The van der Waals surface area contributed by atoms with Crippen LogP contribution in [0.25, 0.3) is 22.6 Å². The van der Waals surface area contributed by atoms with Gasteiger partial charge in [-0.1, -0.05) is 17.7 Å². The molecule has 26 heavy (non-hydrogen) atoms. The number of hydrogen-bond donors (Lipinski definition) is 0. The number of fused-ring (bicyclic) bond motifs is 3. The summed E-state index contributed by atoms with van der Waals surface area (Å²) < 4.78 is 6.25. The van der Waals surface area contributed by atoms with Crippen LogP contribution in [0.5, 0.6) is 0 Å². The molecule has 1 aromatic carbocycles. The fourth-order valence-electron chi connectivity index (χ4n) is 3.36. The fraction of sp³-hybridized carbons (Fsp3) is 0.278. The van der Waals surface area contributed by atoms with Crippen molar-refractivity contribution in [1.82, 2.24) is 23.1 Å². The molecule has 0 atom stereocenters. The zero-order valence-corrected chi connectivity index (χ0v) is 15.9. The summed E-state index contributed by atoms with van der Waals surface area (Å²) in [5.41, 5.74) is 3.66. The van der Waals surface area contributed by atoms with Crippen LogP contribution >= 0.6 is 11.6 Å². The van der Waals surface area contributed by atoms with Gasteiger partial charge in [-0.15, -0.1) is 0 Å². The average Bonchev–Trinajstić information content (AvgIpc) is 3.10. The zero-order chi connectivity index (χ0) is 18.9. The summed E-state index contributed by atoms with van der Waals surface area (Å²) in [6.07, 6.45) is 0. The van der Waals surface area contributed by atoms with Gasteiger partial charge < -0.3 is 0 Å². The van der Waals surface area contributed by atoms with Crippen molar-refractivity contribution in [2.24, 2.45) is 14.1 Å². The summed E-state index contributed by atoms with van der Waals surface area (Å²) in [6, 6.07) is 5.78. The molecule has 3 aromatic heterocycles. The molecule has 0 unspecified atom stereocenters. The maximum Gasteiger partial charge on any atom is 0.332 e. The second-order valence-corrected chi connectivity index (χ2v) is 6.97. The van der Waals surface area contributed by atoms with Gasteiger partial charge >= 0.3 is 5.69 Å². The van der Waals surface area contributed by atoms with Crippen LogP contribution < -0.4 is 11.2 Å². The molecule has 3 heterocycles. The number of aromatic nitrogens is 5. The van der Waals surface area contributed by atoms with Crippen molar-refractivity contribution in [3.8, 4) is 5.69 Å². The molecule has 0 aliphatic carbocycles. The number of imidazole rings is 2. The Kier molecular flexibility index (Phi) is 3.43. The molecule has 0 spiro atoms. The third-order valence-electron chi connectivity index (χ3n) is 5.05. The van der Waals surface area contributed by atoms with Gasteiger partial charge in [-0.3, -0.25) is 22.9 Å². The number of benzene rings is 1. The van der Waals surface area contributed by atoms with Crippen molar-refractivity contribution in [3.05, 3.63) is 61.0 Å². The summed E-state index contributed by atoms with van der Waals surface area (Å²) >= 11 is 6.31. The van der Waals surface area contributed by atoms with Gasteiger partial charge in [0.1, 0.15) is 0 Å². The van der Waals surface area contributed by atoms with Crippen LogP contribution in [0.15, 0.2) is 27.8 Å². The van der Waals surface area contributed by atoms with Crippen molar-refractivity contribution in [2.75, 3.05) is 0 Å². The summed E-state index contributed by atoms with van der Waals surface area (Å²) in [7, 11) is 3.09. The first-order valence-electron chi connectivity index (χ1n) is 8.16. The van der Waals surface area contributed by atoms with Crippen molar-refractivity contribution < 1.29 is 0 Å². The van der Waals surface area contributed by atoms with Crippen LogP contribution in [0.2, 0.25) is 5.02 Å². The lowest BCUT2D eigenvalue weighted by molar-refractivity contribution is 0.707. The van der Waals surface area contributed by atoms with E-state index in [2.05, 4.69) is 4.98 Å². The van der Waals surface area contributed by atoms with Crippen molar-refractivity contribution >= 4 is 28.5 Å². The lowest BCUT2D eigenvalue weighted by atomic mass is 10.2. The number of rotatable bonds is 1. The third-order valence-corrected chi connectivity index (χ3v) is 5.46. The zero-order valence-electron chi connectivity index (χ0n) is 15.2. The molecule has 8 heteroatoms. The molecule has 4 aromatic rings. The van der Waals surface area contributed by atoms with E-state index in [1.54, 1.807) is 11.4 Å². The van der Waals surface area contributed by atoms with Crippen LogP contribution in [0.4, 0.5) is 0 Å². The van der Waals surface area contributed by atoms with Crippen LogP contribution in [0.3, 0.4) is 0 Å². The predicted octanol–water partition coefficient (Wildman–Crippen LogP) is 2.25. The smallest absolute Gasteiger partial charge is 0.283 e. The molecule has 0 amide bonds. The highest BCUT2D eigenvalue weighted by atomic mass is 35.5. The van der Waals surface area contributed by atoms with Crippen LogP contribution in [0.1, 0.15) is 17.0 Å². The topological polar surface area (TPSA) is 66.2 Å². The summed E-state index contributed by atoms with van der Waals surface area (Å²) in [6.45, 7) is 5.84. The Morgan fingerprint density at radius 2 is 1.69 bits per heavy atom. The Labute approximate surface area is 153 Å². The van der Waals surface area contributed by atoms with Gasteiger partial charge in [0.15, 0.2) is 11.2 Å². The molecule has 0 fully saturated rings. The standard InChI is InChI=1S/C18H18ClN5O2/c1-9-6-7-12(8-13(9)19)23-10(2)11(3)24-14-15(20-17(23)24)21(4)18(26)22(5)16(14)25/h6-8H,1-5H3. The molecule has 0 radical (unpaired) electrons. The number of hydrogen-bond acceptors (Lipinski definition) is 3. The second-order valence-electron chi connectivity index (χ2n) is 6.56. The first-order chi connectivity index (χ1) is 12.2. The highest BCUT2D eigenvalue weighted by molar-refractivity contribution is 6.31. The lowest BCUT2D eigenvalue weighted by Gasteiger charge is -2.08. The maximum absolute atomic E-state index is 12.7. The Morgan fingerprint density at radius 1 is 1.00 bits per heavy atom. The minimum atomic E-state index is -0.400. The number of halogens is 1. The maximum atomic E-state index is 12.7. The first-order valence-corrected chi connectivity index (χ1v) is 8.54. The highest BCUT2D eigenvalue weighted by Crippen LogP contribution is 2.27. The van der Waals surface area contributed by atoms with E-state index in [1.165, 1.54) is 11.6 Å². The average molecular weight is 372 g/mol. The van der Waals surface area contributed by atoms with E-state index in [0.717, 1.165) is 27.2 Å². The molecule has 0 bridgehead atoms. The van der Waals surface area contributed by atoms with Gasteiger partial charge in [-0.05, 0) is 38.5 Å². The van der Waals surface area contributed by atoms with Crippen LogP contribution in [0, 0.1) is 20.8 Å². The molecule has 7 nitrogen and oxygen atoms in total. The second kappa shape index (κ2) is 5.35. The molecule has 0 saturated carbocycles. The van der Waals surface area contributed by atoms with Crippen molar-refractivity contribution in [3.63, 3.8) is 0 Å². The van der Waals surface area contributed by atoms with Gasteiger partial charge in [0.05, 0.1) is 5.69 Å². The van der Waals surface area contributed by atoms with Gasteiger partial charge in [0.2, 0.25) is 5.78 Å². The Morgan fingerprint density at radius 3 is 2.35 bits per heavy atom. The molecular formula is C18H18ClN5O2. The third kappa shape index (κ3) is 1.97. The van der Waals surface area contributed by atoms with E-state index in [9.17, 15) is 9.59 Å². The van der Waals surface area contributed by atoms with Gasteiger partial charge in [0.25, 0.3) is 5.56 Å². The van der Waals surface area contributed by atoms with E-state index in [0.29, 0.717) is 22.0 Å². The van der Waals surface area contributed by atoms with Gasteiger partial charge in [-0.2, -0.15) is 4.98 Å². The predicted molar refractivity (Wildman–Crippen MR) is 102 cm³/mol. The Balaban J connectivity index is 2.24. The van der Waals surface area contributed by atoms with Crippen LogP contribution in [-0.4, -0.2) is 23.1 Å². The largest absolute Gasteiger partial charge is 0.332 e. The number of aryl methyl sites for hydroxylation is 3. The molecule has 0 aliphatic rings. The lowest BCUT2D eigenvalue weighted by Crippen LogP contribution is -2.37. The normalized spacial score (nSPS) is 11.8. The van der Waals surface area contributed by atoms with Crippen molar-refractivity contribution in [2.45, 2.75) is 20.8 Å². The molecule has 4 rings (SSSR count). The molecule has 0 saturated heterocycles. The van der Waals surface area contributed by atoms with Gasteiger partial charge in [0, 0.05) is 30.5 Å². The van der Waals surface area contributed by atoms with E-state index < -0.39 is 5.69 Å². The quantitative estimate of drug-likeness (QED) is 0.515. The van der Waals surface area contributed by atoms with Crippen molar-refractivity contribution in [1.29, 1.82) is 0 Å². The Hall–Kier alpha value is -2.80. The van der Waals surface area contributed by atoms with E-state index in [4.69, 9.17) is 11.6 Å². The molecule has 0 aliphatic heterocycles. The van der Waals surface area contributed by atoms with E-state index in [-0.39, 0.29) is 5.56 Å². The summed E-state index contributed by atoms with van der Waals surface area (Å²) in [5.74, 6) is 0.577. The minimum absolute atomic E-state index is 0.363. The summed E-state index contributed by atoms with van der Waals surface area (Å²) in [5, 5.41) is 0.658. The summed E-state index contributed by atoms with van der Waals surface area (Å²) in [4.78, 5) is 29.6. The fourth-order valence-corrected chi connectivity index (χ4v) is 3.53. The first kappa shape index (κ1) is 16.7.